The highest BCUT2D eigenvalue weighted by molar-refractivity contribution is 6.32. The molecule has 5 heteroatoms. The lowest BCUT2D eigenvalue weighted by Crippen LogP contribution is -2.14. The van der Waals surface area contributed by atoms with Crippen LogP contribution in [0.15, 0.2) is 24.3 Å². The Bertz CT molecular complexity index is 664. The molecule has 0 aliphatic carbocycles. The fourth-order valence-corrected chi connectivity index (χ4v) is 2.74. The van der Waals surface area contributed by atoms with Gasteiger partial charge in [0.1, 0.15) is 0 Å². The molecule has 21 heavy (non-hydrogen) atoms. The molecule has 0 amide bonds. The van der Waals surface area contributed by atoms with E-state index in [2.05, 4.69) is 5.10 Å². The number of rotatable bonds is 4. The number of hydrogen-bond acceptors (Lipinski definition) is 3. The van der Waals surface area contributed by atoms with Crippen molar-refractivity contribution in [3.63, 3.8) is 0 Å². The zero-order valence-corrected chi connectivity index (χ0v) is 13.4. The van der Waals surface area contributed by atoms with Crippen LogP contribution < -0.4 is 0 Å². The standard InChI is InChI=1S/C16H19ClN2O2/c1-5-21-16(20)10(2)15-11(3)18-19(12(15)4)14-9-7-6-8-13(14)17/h6-10H,5H2,1-4H3. The van der Waals surface area contributed by atoms with E-state index in [0.717, 1.165) is 22.6 Å². The Labute approximate surface area is 129 Å². The number of esters is 1. The van der Waals surface area contributed by atoms with E-state index in [0.29, 0.717) is 11.6 Å². The van der Waals surface area contributed by atoms with Crippen molar-refractivity contribution < 1.29 is 9.53 Å². The molecule has 0 fully saturated rings. The molecule has 1 atom stereocenters. The molecule has 1 aromatic heterocycles. The van der Waals surface area contributed by atoms with Crippen LogP contribution in [0.25, 0.3) is 5.69 Å². The number of ether oxygens (including phenoxy) is 1. The average Bonchev–Trinajstić information content (AvgIpc) is 2.74. The second-order valence-electron chi connectivity index (χ2n) is 4.92. The number of halogens is 1. The Kier molecular flexibility index (Phi) is 4.68. The zero-order valence-electron chi connectivity index (χ0n) is 12.7. The van der Waals surface area contributed by atoms with Crippen LogP contribution in [0.4, 0.5) is 0 Å². The minimum Gasteiger partial charge on any atom is -0.466 e. The molecule has 112 valence electrons. The van der Waals surface area contributed by atoms with Gasteiger partial charge in [0.25, 0.3) is 0 Å². The van der Waals surface area contributed by atoms with Gasteiger partial charge >= 0.3 is 5.97 Å². The Hall–Kier alpha value is -1.81. The Balaban J connectivity index is 2.48. The molecule has 0 saturated carbocycles. The lowest BCUT2D eigenvalue weighted by atomic mass is 9.99. The van der Waals surface area contributed by atoms with E-state index in [1.54, 1.807) is 11.6 Å². The minimum absolute atomic E-state index is 0.234. The van der Waals surface area contributed by atoms with Gasteiger partial charge in [0.15, 0.2) is 0 Å². The van der Waals surface area contributed by atoms with Gasteiger partial charge in [-0.25, -0.2) is 4.68 Å². The van der Waals surface area contributed by atoms with Gasteiger partial charge in [-0.2, -0.15) is 5.10 Å². The first-order valence-electron chi connectivity index (χ1n) is 6.95. The normalized spacial score (nSPS) is 12.2. The summed E-state index contributed by atoms with van der Waals surface area (Å²) in [5.74, 6) is -0.580. The SMILES string of the molecule is CCOC(=O)C(C)c1c(C)nn(-c2ccccc2Cl)c1C. The first-order chi connectivity index (χ1) is 9.97. The Morgan fingerprint density at radius 1 is 1.38 bits per heavy atom. The number of carbonyl (C=O) groups is 1. The van der Waals surface area contributed by atoms with Crippen LogP contribution >= 0.6 is 11.6 Å². The molecule has 0 bridgehead atoms. The van der Waals surface area contributed by atoms with Crippen LogP contribution in [0.2, 0.25) is 5.02 Å². The van der Waals surface area contributed by atoms with Crippen molar-refractivity contribution in [3.05, 3.63) is 46.2 Å². The first kappa shape index (κ1) is 15.6. The molecule has 1 heterocycles. The molecular formula is C16H19ClN2O2. The molecule has 0 radical (unpaired) electrons. The number of nitrogens with zero attached hydrogens (tertiary/aromatic N) is 2. The quantitative estimate of drug-likeness (QED) is 0.807. The Morgan fingerprint density at radius 2 is 2.05 bits per heavy atom. The van der Waals surface area contributed by atoms with Gasteiger partial charge < -0.3 is 4.74 Å². The number of aromatic nitrogens is 2. The predicted molar refractivity (Wildman–Crippen MR) is 83.1 cm³/mol. The monoisotopic (exact) mass is 306 g/mol. The summed E-state index contributed by atoms with van der Waals surface area (Å²) in [6, 6.07) is 7.51. The second-order valence-corrected chi connectivity index (χ2v) is 5.33. The number of aryl methyl sites for hydroxylation is 1. The second kappa shape index (κ2) is 6.31. The van der Waals surface area contributed by atoms with Crippen molar-refractivity contribution in [2.24, 2.45) is 0 Å². The summed E-state index contributed by atoms with van der Waals surface area (Å²) < 4.78 is 6.89. The summed E-state index contributed by atoms with van der Waals surface area (Å²) >= 11 is 6.23. The molecule has 2 rings (SSSR count). The van der Waals surface area contributed by atoms with Gasteiger partial charge in [-0.1, -0.05) is 23.7 Å². The van der Waals surface area contributed by atoms with Crippen molar-refractivity contribution in [2.75, 3.05) is 6.61 Å². The highest BCUT2D eigenvalue weighted by atomic mass is 35.5. The van der Waals surface area contributed by atoms with E-state index in [-0.39, 0.29) is 11.9 Å². The van der Waals surface area contributed by atoms with Crippen LogP contribution in [-0.4, -0.2) is 22.4 Å². The van der Waals surface area contributed by atoms with Gasteiger partial charge in [0.2, 0.25) is 0 Å². The van der Waals surface area contributed by atoms with E-state index in [4.69, 9.17) is 16.3 Å². The molecule has 0 saturated heterocycles. The van der Waals surface area contributed by atoms with E-state index in [1.807, 2.05) is 45.0 Å². The maximum Gasteiger partial charge on any atom is 0.313 e. The first-order valence-corrected chi connectivity index (χ1v) is 7.32. The summed E-state index contributed by atoms with van der Waals surface area (Å²) in [6.07, 6.45) is 0. The molecule has 0 aliphatic heterocycles. The Morgan fingerprint density at radius 3 is 2.67 bits per heavy atom. The summed E-state index contributed by atoms with van der Waals surface area (Å²) in [4.78, 5) is 12.0. The largest absolute Gasteiger partial charge is 0.466 e. The third-order valence-electron chi connectivity index (χ3n) is 3.50. The average molecular weight is 307 g/mol. The molecular weight excluding hydrogens is 288 g/mol. The fraction of sp³-hybridized carbons (Fsp3) is 0.375. The van der Waals surface area contributed by atoms with Crippen LogP contribution in [0, 0.1) is 13.8 Å². The van der Waals surface area contributed by atoms with Gasteiger partial charge in [-0.05, 0) is 39.8 Å². The lowest BCUT2D eigenvalue weighted by molar-refractivity contribution is -0.144. The van der Waals surface area contributed by atoms with Crippen molar-refractivity contribution in [1.82, 2.24) is 9.78 Å². The fourth-order valence-electron chi connectivity index (χ4n) is 2.52. The third-order valence-corrected chi connectivity index (χ3v) is 3.82. The molecule has 0 N–H and O–H groups in total. The van der Waals surface area contributed by atoms with Crippen molar-refractivity contribution in [2.45, 2.75) is 33.6 Å². The molecule has 0 aliphatic rings. The highest BCUT2D eigenvalue weighted by Crippen LogP contribution is 2.28. The topological polar surface area (TPSA) is 44.1 Å². The molecule has 1 aromatic carbocycles. The van der Waals surface area contributed by atoms with Crippen LogP contribution in [-0.2, 0) is 9.53 Å². The van der Waals surface area contributed by atoms with E-state index < -0.39 is 0 Å². The maximum atomic E-state index is 12.0. The number of para-hydroxylation sites is 1. The molecule has 1 unspecified atom stereocenters. The third kappa shape index (κ3) is 2.95. The van der Waals surface area contributed by atoms with Crippen molar-refractivity contribution >= 4 is 17.6 Å². The molecule has 0 spiro atoms. The van der Waals surface area contributed by atoms with Gasteiger partial charge in [0.05, 0.1) is 28.9 Å². The number of hydrogen-bond donors (Lipinski definition) is 0. The maximum absolute atomic E-state index is 12.0. The number of carbonyl (C=O) groups excluding carboxylic acids is 1. The van der Waals surface area contributed by atoms with E-state index in [1.165, 1.54) is 0 Å². The van der Waals surface area contributed by atoms with Crippen LogP contribution in [0.5, 0.6) is 0 Å². The summed E-state index contributed by atoms with van der Waals surface area (Å²) in [5, 5.41) is 5.15. The van der Waals surface area contributed by atoms with Crippen molar-refractivity contribution in [1.29, 1.82) is 0 Å². The van der Waals surface area contributed by atoms with Gasteiger partial charge in [-0.15, -0.1) is 0 Å². The van der Waals surface area contributed by atoms with Crippen LogP contribution in [0.1, 0.15) is 36.7 Å². The predicted octanol–water partition coefficient (Wildman–Crippen LogP) is 3.81. The summed E-state index contributed by atoms with van der Waals surface area (Å²) in [5.41, 5.74) is 3.42. The number of benzene rings is 1. The van der Waals surface area contributed by atoms with Crippen LogP contribution in [0.3, 0.4) is 0 Å². The van der Waals surface area contributed by atoms with Crippen molar-refractivity contribution in [3.8, 4) is 5.69 Å². The smallest absolute Gasteiger partial charge is 0.313 e. The minimum atomic E-state index is -0.346. The van der Waals surface area contributed by atoms with E-state index >= 15 is 0 Å². The summed E-state index contributed by atoms with van der Waals surface area (Å²) in [6.45, 7) is 7.85. The van der Waals surface area contributed by atoms with Gasteiger partial charge in [-0.3, -0.25) is 4.79 Å². The lowest BCUT2D eigenvalue weighted by Gasteiger charge is -2.12. The zero-order chi connectivity index (χ0) is 15.6. The molecule has 2 aromatic rings. The van der Waals surface area contributed by atoms with E-state index in [9.17, 15) is 4.79 Å². The van der Waals surface area contributed by atoms with Gasteiger partial charge in [0, 0.05) is 11.3 Å². The highest BCUT2D eigenvalue weighted by Gasteiger charge is 2.25. The molecule has 4 nitrogen and oxygen atoms in total. The summed E-state index contributed by atoms with van der Waals surface area (Å²) in [7, 11) is 0.